The highest BCUT2D eigenvalue weighted by Gasteiger charge is 2.36. The number of rotatable bonds is 7. The maximum Gasteiger partial charge on any atom is 0.266 e. The van der Waals surface area contributed by atoms with Crippen molar-refractivity contribution < 1.29 is 19.1 Å². The van der Waals surface area contributed by atoms with Crippen molar-refractivity contribution in [3.05, 3.63) is 107 Å². The highest BCUT2D eigenvalue weighted by Crippen LogP contribution is 2.29. The zero-order chi connectivity index (χ0) is 24.4. The standard InChI is InChI=1S/C27H22N4O4/c1-2-18-10-12-22(13-11-18)35-17-30-16-20(15-28-30)29-25(32)19-6-5-7-21(14-19)31-26(33)23-8-3-4-9-24(23)27(31)34/h3-16H,2,17H2,1H3,(H,29,32). The van der Waals surface area contributed by atoms with E-state index >= 15 is 0 Å². The predicted molar refractivity (Wildman–Crippen MR) is 131 cm³/mol. The van der Waals surface area contributed by atoms with Gasteiger partial charge in [-0.3, -0.25) is 14.4 Å². The molecule has 0 aliphatic carbocycles. The topological polar surface area (TPSA) is 93.5 Å². The summed E-state index contributed by atoms with van der Waals surface area (Å²) in [4.78, 5) is 39.5. The van der Waals surface area contributed by atoms with Gasteiger partial charge in [-0.2, -0.15) is 5.10 Å². The van der Waals surface area contributed by atoms with Crippen molar-refractivity contribution in [2.45, 2.75) is 20.1 Å². The van der Waals surface area contributed by atoms with Gasteiger partial charge in [0, 0.05) is 5.56 Å². The van der Waals surface area contributed by atoms with Gasteiger partial charge in [0.2, 0.25) is 0 Å². The molecule has 8 nitrogen and oxygen atoms in total. The minimum absolute atomic E-state index is 0.191. The number of imide groups is 1. The lowest BCUT2D eigenvalue weighted by atomic mass is 10.1. The van der Waals surface area contributed by atoms with E-state index in [4.69, 9.17) is 4.74 Å². The number of hydrogen-bond donors (Lipinski definition) is 1. The van der Waals surface area contributed by atoms with Gasteiger partial charge >= 0.3 is 0 Å². The molecule has 0 saturated carbocycles. The lowest BCUT2D eigenvalue weighted by Crippen LogP contribution is -2.29. The Kier molecular flexibility index (Phi) is 5.85. The first-order valence-corrected chi connectivity index (χ1v) is 11.2. The fourth-order valence-electron chi connectivity index (χ4n) is 3.87. The van der Waals surface area contributed by atoms with Gasteiger partial charge in [0.05, 0.1) is 34.9 Å². The van der Waals surface area contributed by atoms with Crippen LogP contribution in [-0.2, 0) is 13.2 Å². The van der Waals surface area contributed by atoms with E-state index in [-0.39, 0.29) is 12.6 Å². The number of amides is 3. The van der Waals surface area contributed by atoms with Gasteiger partial charge < -0.3 is 10.1 Å². The summed E-state index contributed by atoms with van der Waals surface area (Å²) in [5.74, 6) is -0.477. The molecule has 1 aromatic heterocycles. The zero-order valence-corrected chi connectivity index (χ0v) is 19.0. The second-order valence-electron chi connectivity index (χ2n) is 8.04. The quantitative estimate of drug-likeness (QED) is 0.404. The number of nitrogens with one attached hydrogen (secondary N) is 1. The molecule has 5 rings (SSSR count). The molecule has 3 aromatic carbocycles. The molecule has 8 heteroatoms. The van der Waals surface area contributed by atoms with Gasteiger partial charge in [0.15, 0.2) is 6.73 Å². The Balaban J connectivity index is 1.25. The zero-order valence-electron chi connectivity index (χ0n) is 19.0. The van der Waals surface area contributed by atoms with Gasteiger partial charge in [-0.1, -0.05) is 37.3 Å². The number of nitrogens with zero attached hydrogens (tertiary/aromatic N) is 3. The minimum atomic E-state index is -0.409. The Labute approximate surface area is 201 Å². The molecule has 0 atom stereocenters. The Bertz CT molecular complexity index is 1390. The van der Waals surface area contributed by atoms with E-state index < -0.39 is 11.8 Å². The van der Waals surface area contributed by atoms with Crippen LogP contribution in [0.3, 0.4) is 0 Å². The summed E-state index contributed by atoms with van der Waals surface area (Å²) in [7, 11) is 0. The summed E-state index contributed by atoms with van der Waals surface area (Å²) in [5.41, 5.74) is 3.06. The van der Waals surface area contributed by atoms with Gasteiger partial charge in [0.1, 0.15) is 5.75 Å². The van der Waals surface area contributed by atoms with Crippen LogP contribution in [0.15, 0.2) is 85.2 Å². The molecule has 3 amide bonds. The molecule has 174 valence electrons. The number of carbonyl (C=O) groups excluding carboxylic acids is 3. The smallest absolute Gasteiger partial charge is 0.266 e. The van der Waals surface area contributed by atoms with Crippen molar-refractivity contribution in [1.82, 2.24) is 9.78 Å². The highest BCUT2D eigenvalue weighted by atomic mass is 16.5. The first-order valence-electron chi connectivity index (χ1n) is 11.2. The molecule has 4 aromatic rings. The molecule has 0 unspecified atom stereocenters. The van der Waals surface area contributed by atoms with Crippen LogP contribution in [0.5, 0.6) is 5.75 Å². The number of anilines is 2. The van der Waals surface area contributed by atoms with Crippen molar-refractivity contribution in [2.75, 3.05) is 10.2 Å². The van der Waals surface area contributed by atoms with Crippen molar-refractivity contribution in [1.29, 1.82) is 0 Å². The molecular weight excluding hydrogens is 444 g/mol. The Morgan fingerprint density at radius 3 is 2.34 bits per heavy atom. The molecule has 2 heterocycles. The van der Waals surface area contributed by atoms with Gasteiger partial charge in [-0.25, -0.2) is 9.58 Å². The Hall–Kier alpha value is -4.72. The fourth-order valence-corrected chi connectivity index (χ4v) is 3.87. The molecule has 1 aliphatic rings. The molecule has 0 saturated heterocycles. The van der Waals surface area contributed by atoms with Gasteiger partial charge in [-0.15, -0.1) is 0 Å². The second kappa shape index (κ2) is 9.26. The van der Waals surface area contributed by atoms with Gasteiger partial charge in [-0.05, 0) is 54.4 Å². The summed E-state index contributed by atoms with van der Waals surface area (Å²) in [6, 6.07) is 20.9. The maximum absolute atomic E-state index is 12.8. The van der Waals surface area contributed by atoms with Crippen LogP contribution in [-0.4, -0.2) is 27.5 Å². The van der Waals surface area contributed by atoms with Crippen molar-refractivity contribution >= 4 is 29.1 Å². The summed E-state index contributed by atoms with van der Waals surface area (Å²) < 4.78 is 7.30. The molecule has 1 aliphatic heterocycles. The van der Waals surface area contributed by atoms with Crippen molar-refractivity contribution in [3.8, 4) is 5.75 Å². The number of fused-ring (bicyclic) bond motifs is 1. The third kappa shape index (κ3) is 4.41. The first-order chi connectivity index (χ1) is 17.0. The van der Waals surface area contributed by atoms with Crippen LogP contribution in [0, 0.1) is 0 Å². The second-order valence-corrected chi connectivity index (χ2v) is 8.04. The van der Waals surface area contributed by atoms with Crippen molar-refractivity contribution in [3.63, 3.8) is 0 Å². The summed E-state index contributed by atoms with van der Waals surface area (Å²) in [6.07, 6.45) is 4.14. The molecule has 0 spiro atoms. The average molecular weight is 466 g/mol. The SMILES string of the molecule is CCc1ccc(OCn2cc(NC(=O)c3cccc(N4C(=O)c5ccccc5C4=O)c3)cn2)cc1. The van der Waals surface area contributed by atoms with Crippen LogP contribution < -0.4 is 15.0 Å². The largest absolute Gasteiger partial charge is 0.471 e. The maximum atomic E-state index is 12.8. The Morgan fingerprint density at radius 2 is 1.66 bits per heavy atom. The third-order valence-electron chi connectivity index (χ3n) is 5.75. The first kappa shape index (κ1) is 22.1. The van der Waals surface area contributed by atoms with E-state index in [1.807, 2.05) is 24.3 Å². The molecule has 0 radical (unpaired) electrons. The normalized spacial score (nSPS) is 12.5. The van der Waals surface area contributed by atoms with Crippen LogP contribution >= 0.6 is 0 Å². The van der Waals surface area contributed by atoms with Gasteiger partial charge in [0.25, 0.3) is 17.7 Å². The predicted octanol–water partition coefficient (Wildman–Crippen LogP) is 4.53. The summed E-state index contributed by atoms with van der Waals surface area (Å²) >= 11 is 0. The van der Waals surface area contributed by atoms with E-state index in [2.05, 4.69) is 17.3 Å². The summed E-state index contributed by atoms with van der Waals surface area (Å²) in [6.45, 7) is 2.28. The summed E-state index contributed by atoms with van der Waals surface area (Å²) in [5, 5.41) is 7.00. The average Bonchev–Trinajstić information content (AvgIpc) is 3.44. The monoisotopic (exact) mass is 466 g/mol. The molecule has 35 heavy (non-hydrogen) atoms. The molecular formula is C27H22N4O4. The number of aryl methyl sites for hydroxylation is 1. The van der Waals surface area contributed by atoms with E-state index in [1.54, 1.807) is 53.3 Å². The fraction of sp³-hybridized carbons (Fsp3) is 0.111. The van der Waals surface area contributed by atoms with E-state index in [0.29, 0.717) is 28.1 Å². The Morgan fingerprint density at radius 1 is 0.943 bits per heavy atom. The van der Waals surface area contributed by atoms with E-state index in [0.717, 1.165) is 17.1 Å². The number of carbonyl (C=O) groups is 3. The van der Waals surface area contributed by atoms with Crippen LogP contribution in [0.25, 0.3) is 0 Å². The molecule has 0 fully saturated rings. The van der Waals surface area contributed by atoms with Crippen LogP contribution in [0.4, 0.5) is 11.4 Å². The number of benzene rings is 3. The van der Waals surface area contributed by atoms with E-state index in [9.17, 15) is 14.4 Å². The number of aromatic nitrogens is 2. The number of ether oxygens (including phenoxy) is 1. The number of hydrogen-bond acceptors (Lipinski definition) is 5. The lowest BCUT2D eigenvalue weighted by molar-refractivity contribution is 0.0924. The van der Waals surface area contributed by atoms with Crippen molar-refractivity contribution in [2.24, 2.45) is 0 Å². The molecule has 1 N–H and O–H groups in total. The van der Waals surface area contributed by atoms with Crippen LogP contribution in [0.1, 0.15) is 43.6 Å². The van der Waals surface area contributed by atoms with E-state index in [1.165, 1.54) is 17.8 Å². The third-order valence-corrected chi connectivity index (χ3v) is 5.75. The highest BCUT2D eigenvalue weighted by molar-refractivity contribution is 6.34. The molecule has 0 bridgehead atoms. The lowest BCUT2D eigenvalue weighted by Gasteiger charge is -2.15. The van der Waals surface area contributed by atoms with Crippen LogP contribution in [0.2, 0.25) is 0 Å². The minimum Gasteiger partial charge on any atom is -0.471 e.